The lowest BCUT2D eigenvalue weighted by molar-refractivity contribution is -0.275. The second-order valence-corrected chi connectivity index (χ2v) is 15.0. The molecule has 1 amide bonds. The van der Waals surface area contributed by atoms with E-state index in [1.165, 1.54) is 36.4 Å². The molecule has 0 saturated heterocycles. The number of alkyl halides is 3. The predicted octanol–water partition coefficient (Wildman–Crippen LogP) is 7.25. The maximum absolute atomic E-state index is 13.6. The van der Waals surface area contributed by atoms with Crippen LogP contribution in [0.1, 0.15) is 70.2 Å². The van der Waals surface area contributed by atoms with E-state index < -0.39 is 39.5 Å². The number of alkyl carbamates (subject to hydrolysis) is 1. The van der Waals surface area contributed by atoms with Gasteiger partial charge in [-0.1, -0.05) is 19.1 Å². The van der Waals surface area contributed by atoms with Crippen LogP contribution in [0.25, 0.3) is 22.0 Å². The molecule has 2 aromatic carbocycles. The molecule has 11 nitrogen and oxygen atoms in total. The first-order valence-corrected chi connectivity index (χ1v) is 17.7. The fourth-order valence-electron chi connectivity index (χ4n) is 5.82. The molecule has 264 valence electrons. The second kappa shape index (κ2) is 14.5. The van der Waals surface area contributed by atoms with Crippen LogP contribution in [-0.4, -0.2) is 53.5 Å². The van der Waals surface area contributed by atoms with Gasteiger partial charge in [-0.2, -0.15) is 5.26 Å². The summed E-state index contributed by atoms with van der Waals surface area (Å²) in [6.07, 6.45) is -0.394. The van der Waals surface area contributed by atoms with Crippen LogP contribution >= 0.6 is 0 Å². The Morgan fingerprint density at radius 2 is 1.72 bits per heavy atom. The summed E-state index contributed by atoms with van der Waals surface area (Å²) in [7, 11) is -4.13. The molecule has 2 aromatic heterocycles. The molecule has 1 saturated carbocycles. The number of carbonyl (C=O) groups excluding carboxylic acids is 1. The Labute approximate surface area is 288 Å². The number of amides is 1. The van der Waals surface area contributed by atoms with Crippen molar-refractivity contribution in [1.82, 2.24) is 20.3 Å². The van der Waals surface area contributed by atoms with Crippen LogP contribution in [0.15, 0.2) is 59.6 Å². The monoisotopic (exact) mass is 710 g/mol. The number of aromatic nitrogens is 3. The van der Waals surface area contributed by atoms with E-state index in [1.807, 2.05) is 33.8 Å². The van der Waals surface area contributed by atoms with Crippen LogP contribution < -0.4 is 15.4 Å². The Balaban J connectivity index is 1.37. The van der Waals surface area contributed by atoms with Crippen molar-refractivity contribution in [3.63, 3.8) is 0 Å². The van der Waals surface area contributed by atoms with Gasteiger partial charge in [0.1, 0.15) is 11.7 Å². The first-order chi connectivity index (χ1) is 23.5. The maximum atomic E-state index is 13.6. The summed E-state index contributed by atoms with van der Waals surface area (Å²) in [6, 6.07) is 13.5. The third-order valence-corrected chi connectivity index (χ3v) is 9.75. The van der Waals surface area contributed by atoms with Crippen LogP contribution in [0.5, 0.6) is 5.88 Å². The van der Waals surface area contributed by atoms with Crippen molar-refractivity contribution in [2.75, 3.05) is 5.32 Å². The van der Waals surface area contributed by atoms with E-state index in [0.717, 1.165) is 31.2 Å². The average Bonchev–Trinajstić information content (AvgIpc) is 3.03. The van der Waals surface area contributed by atoms with Crippen LogP contribution in [-0.2, 0) is 26.7 Å². The average molecular weight is 711 g/mol. The largest absolute Gasteiger partial charge is 0.574 e. The molecular formula is C35H37F3N6O5S. The van der Waals surface area contributed by atoms with Crippen molar-refractivity contribution >= 4 is 32.8 Å². The van der Waals surface area contributed by atoms with Crippen LogP contribution in [0.2, 0.25) is 0 Å². The number of nitrogens with zero attached hydrogens (tertiary/aromatic N) is 4. The fraction of sp³-hybridized carbons (Fsp3) is 0.400. The lowest BCUT2D eigenvalue weighted by Crippen LogP contribution is -2.42. The Hall–Kier alpha value is -4.97. The molecular weight excluding hydrogens is 673 g/mol. The Morgan fingerprint density at radius 3 is 2.38 bits per heavy atom. The molecule has 15 heteroatoms. The van der Waals surface area contributed by atoms with E-state index in [9.17, 15) is 31.6 Å². The normalized spacial score (nSPS) is 16.8. The number of carbonyl (C=O) groups is 1. The van der Waals surface area contributed by atoms with Gasteiger partial charge in [0.2, 0.25) is 11.8 Å². The van der Waals surface area contributed by atoms with Crippen molar-refractivity contribution < 1.29 is 35.9 Å². The highest BCUT2D eigenvalue weighted by Gasteiger charge is 2.34. The number of hydrogen-bond donors (Lipinski definition) is 2. The zero-order valence-electron chi connectivity index (χ0n) is 28.0. The van der Waals surface area contributed by atoms with Gasteiger partial charge < -0.3 is 20.1 Å². The maximum Gasteiger partial charge on any atom is 0.574 e. The molecule has 1 aliphatic carbocycles. The molecule has 2 N–H and O–H groups in total. The first kappa shape index (κ1) is 36.3. The molecule has 0 spiro atoms. The van der Waals surface area contributed by atoms with Gasteiger partial charge in [0.05, 0.1) is 27.4 Å². The number of pyridine rings is 1. The zero-order chi connectivity index (χ0) is 36.3. The van der Waals surface area contributed by atoms with Crippen molar-refractivity contribution in [2.45, 2.75) is 94.5 Å². The smallest absolute Gasteiger partial charge is 0.444 e. The summed E-state index contributed by atoms with van der Waals surface area (Å²) in [5.74, 6) is -1.14. The predicted molar refractivity (Wildman–Crippen MR) is 180 cm³/mol. The minimum Gasteiger partial charge on any atom is -0.444 e. The number of hydrogen-bond acceptors (Lipinski definition) is 10. The zero-order valence-corrected chi connectivity index (χ0v) is 28.8. The molecule has 5 rings (SSSR count). The van der Waals surface area contributed by atoms with Crippen LogP contribution in [0, 0.1) is 11.3 Å². The van der Waals surface area contributed by atoms with Crippen molar-refractivity contribution in [2.24, 2.45) is 0 Å². The number of ether oxygens (including phenoxy) is 2. The standard InChI is InChI=1S/C35H37F3N6O5S/c1-5-21-16-23(17-24-19-40-32(44-30(21)24)42-25-10-12-26(13-11-25)43-33(45)49-34(2,3)4)28-15-14-27(41-31(28)48-35(36,37)38)20-50(46,47)29-9-7-6-8-22(29)18-39/h6-9,14-17,19,25-26H,5,10-13,20H2,1-4H3,(H,43,45)(H,40,42,44). The summed E-state index contributed by atoms with van der Waals surface area (Å²) in [6.45, 7) is 7.33. The minimum absolute atomic E-state index is 0.00329. The van der Waals surface area contributed by atoms with Crippen molar-refractivity contribution in [1.29, 1.82) is 5.26 Å². The summed E-state index contributed by atoms with van der Waals surface area (Å²) < 4.78 is 76.6. The van der Waals surface area contributed by atoms with Crippen LogP contribution in [0.3, 0.4) is 0 Å². The van der Waals surface area contributed by atoms with Gasteiger partial charge in [0.15, 0.2) is 9.84 Å². The number of nitrogens with one attached hydrogen (secondary N) is 2. The number of rotatable bonds is 9. The highest BCUT2D eigenvalue weighted by molar-refractivity contribution is 7.90. The van der Waals surface area contributed by atoms with Gasteiger partial charge in [-0.3, -0.25) is 0 Å². The summed E-state index contributed by atoms with van der Waals surface area (Å²) >= 11 is 0. The number of fused-ring (bicyclic) bond motifs is 1. The molecule has 0 radical (unpaired) electrons. The molecule has 0 unspecified atom stereocenters. The van der Waals surface area contributed by atoms with Gasteiger partial charge in [0.25, 0.3) is 0 Å². The second-order valence-electron chi connectivity index (χ2n) is 13.0. The Kier molecular flexibility index (Phi) is 10.5. The Morgan fingerprint density at radius 1 is 1.02 bits per heavy atom. The van der Waals surface area contributed by atoms with Gasteiger partial charge >= 0.3 is 12.5 Å². The highest BCUT2D eigenvalue weighted by atomic mass is 32.2. The highest BCUT2D eigenvalue weighted by Crippen LogP contribution is 2.36. The van der Waals surface area contributed by atoms with Crippen LogP contribution in [0.4, 0.5) is 23.9 Å². The Bertz CT molecular complexity index is 2040. The summed E-state index contributed by atoms with van der Waals surface area (Å²) in [4.78, 5) is 25.1. The topological polar surface area (TPSA) is 156 Å². The third-order valence-electron chi connectivity index (χ3n) is 8.05. The number of benzene rings is 2. The molecule has 1 aliphatic rings. The minimum atomic E-state index is -5.11. The van der Waals surface area contributed by atoms with Crippen molar-refractivity contribution in [3.05, 3.63) is 71.5 Å². The van der Waals surface area contributed by atoms with Crippen molar-refractivity contribution in [3.8, 4) is 23.1 Å². The molecule has 0 atom stereocenters. The number of anilines is 1. The SMILES string of the molecule is CCc1cc(-c2ccc(CS(=O)(=O)c3ccccc3C#N)nc2OC(F)(F)F)cc2cnc(NC3CCC(NC(=O)OC(C)(C)C)CC3)nc12. The lowest BCUT2D eigenvalue weighted by atomic mass is 9.91. The molecule has 0 bridgehead atoms. The van der Waals surface area contributed by atoms with E-state index in [0.29, 0.717) is 28.8 Å². The van der Waals surface area contributed by atoms with E-state index in [-0.39, 0.29) is 33.8 Å². The summed E-state index contributed by atoms with van der Waals surface area (Å²) in [5.41, 5.74) is 0.867. The van der Waals surface area contributed by atoms with Gasteiger partial charge in [-0.05, 0) is 100 Å². The van der Waals surface area contributed by atoms with E-state index in [2.05, 4.69) is 25.3 Å². The first-order valence-electron chi connectivity index (χ1n) is 16.1. The van der Waals surface area contributed by atoms with Gasteiger partial charge in [-0.15, -0.1) is 13.2 Å². The number of aryl methyl sites for hydroxylation is 1. The quantitative estimate of drug-likeness (QED) is 0.181. The number of halogens is 3. The fourth-order valence-corrected chi connectivity index (χ4v) is 7.26. The lowest BCUT2D eigenvalue weighted by Gasteiger charge is -2.30. The van der Waals surface area contributed by atoms with E-state index >= 15 is 0 Å². The molecule has 4 aromatic rings. The summed E-state index contributed by atoms with van der Waals surface area (Å²) in [5, 5.41) is 16.2. The molecule has 0 aliphatic heterocycles. The van der Waals surface area contributed by atoms with E-state index in [4.69, 9.17) is 9.72 Å². The van der Waals surface area contributed by atoms with Gasteiger partial charge in [0, 0.05) is 29.2 Å². The van der Waals surface area contributed by atoms with Gasteiger partial charge in [-0.25, -0.2) is 28.2 Å². The molecule has 1 fully saturated rings. The van der Waals surface area contributed by atoms with E-state index in [1.54, 1.807) is 18.3 Å². The number of nitriles is 1. The third kappa shape index (κ3) is 9.17. The number of sulfone groups is 1. The molecule has 50 heavy (non-hydrogen) atoms. The molecule has 2 heterocycles.